The van der Waals surface area contributed by atoms with Crippen LogP contribution in [-0.4, -0.2) is 26.3 Å². The standard InChI is InChI=1S/C10H6F3NO4S/c11-3-1-2-4(7(13)6(3)12)14-8(19)5(9(15)16)10(17)18/h1-2,15-16H,(H,14,19)(H,17,18). The van der Waals surface area contributed by atoms with Gasteiger partial charge in [-0.05, 0) is 12.1 Å². The first-order valence-electron chi connectivity index (χ1n) is 4.56. The van der Waals surface area contributed by atoms with Crippen LogP contribution in [0, 0.1) is 17.5 Å². The Morgan fingerprint density at radius 3 is 2.16 bits per heavy atom. The lowest BCUT2D eigenvalue weighted by molar-refractivity contribution is -0.132. The summed E-state index contributed by atoms with van der Waals surface area (Å²) in [5.41, 5.74) is -1.76. The molecule has 0 spiro atoms. The molecule has 0 aliphatic carbocycles. The van der Waals surface area contributed by atoms with E-state index in [1.807, 2.05) is 5.32 Å². The maximum atomic E-state index is 13.3. The number of aliphatic hydroxyl groups excluding tert-OH is 1. The van der Waals surface area contributed by atoms with Crippen molar-refractivity contribution >= 4 is 28.9 Å². The van der Waals surface area contributed by atoms with E-state index in [2.05, 4.69) is 12.2 Å². The molecule has 0 unspecified atom stereocenters. The molecular weight excluding hydrogens is 287 g/mol. The van der Waals surface area contributed by atoms with Crippen LogP contribution in [0.4, 0.5) is 18.9 Å². The number of benzene rings is 1. The summed E-state index contributed by atoms with van der Waals surface area (Å²) in [6.07, 6.45) is 0. The molecule has 0 aliphatic heterocycles. The van der Waals surface area contributed by atoms with Crippen molar-refractivity contribution in [3.05, 3.63) is 41.1 Å². The maximum absolute atomic E-state index is 13.3. The van der Waals surface area contributed by atoms with Gasteiger partial charge in [0.05, 0.1) is 5.69 Å². The van der Waals surface area contributed by atoms with Crippen LogP contribution in [0.15, 0.2) is 23.7 Å². The summed E-state index contributed by atoms with van der Waals surface area (Å²) < 4.78 is 38.8. The van der Waals surface area contributed by atoms with Crippen LogP contribution in [-0.2, 0) is 4.79 Å². The Kier molecular flexibility index (Phi) is 4.33. The number of anilines is 1. The van der Waals surface area contributed by atoms with E-state index in [4.69, 9.17) is 15.3 Å². The summed E-state index contributed by atoms with van der Waals surface area (Å²) in [5, 5.41) is 28.0. The normalized spacial score (nSPS) is 9.84. The predicted octanol–water partition coefficient (Wildman–Crippen LogP) is 2.26. The zero-order valence-corrected chi connectivity index (χ0v) is 9.76. The monoisotopic (exact) mass is 293 g/mol. The van der Waals surface area contributed by atoms with E-state index in [0.29, 0.717) is 6.07 Å². The molecule has 0 amide bonds. The highest BCUT2D eigenvalue weighted by molar-refractivity contribution is 7.81. The third-order valence-corrected chi connectivity index (χ3v) is 2.25. The molecule has 0 saturated carbocycles. The van der Waals surface area contributed by atoms with E-state index in [0.717, 1.165) is 6.07 Å². The minimum Gasteiger partial charge on any atom is -0.480 e. The van der Waals surface area contributed by atoms with Gasteiger partial charge in [0.25, 0.3) is 5.95 Å². The number of hydrogen-bond donors (Lipinski definition) is 4. The summed E-state index contributed by atoms with van der Waals surface area (Å²) in [6, 6.07) is 1.36. The number of halogens is 3. The van der Waals surface area contributed by atoms with Crippen molar-refractivity contribution in [1.29, 1.82) is 0 Å². The molecule has 0 aromatic heterocycles. The fourth-order valence-electron chi connectivity index (χ4n) is 1.10. The first-order chi connectivity index (χ1) is 8.75. The van der Waals surface area contributed by atoms with Gasteiger partial charge in [-0.1, -0.05) is 12.2 Å². The number of aliphatic carboxylic acids is 1. The van der Waals surface area contributed by atoms with E-state index in [-0.39, 0.29) is 0 Å². The van der Waals surface area contributed by atoms with Gasteiger partial charge in [-0.3, -0.25) is 0 Å². The van der Waals surface area contributed by atoms with Gasteiger partial charge in [0.1, 0.15) is 4.99 Å². The number of carbonyl (C=O) groups is 1. The Bertz CT molecular complexity index is 584. The minimum atomic E-state index is -1.79. The second kappa shape index (κ2) is 5.57. The van der Waals surface area contributed by atoms with Crippen molar-refractivity contribution in [3.63, 3.8) is 0 Å². The Hall–Kier alpha value is -2.29. The average Bonchev–Trinajstić information content (AvgIpc) is 2.29. The highest BCUT2D eigenvalue weighted by Crippen LogP contribution is 2.20. The second-order valence-corrected chi connectivity index (χ2v) is 3.59. The van der Waals surface area contributed by atoms with Crippen LogP contribution < -0.4 is 5.32 Å². The van der Waals surface area contributed by atoms with Crippen LogP contribution >= 0.6 is 12.2 Å². The first-order valence-corrected chi connectivity index (χ1v) is 4.96. The van der Waals surface area contributed by atoms with Gasteiger partial charge in [-0.25, -0.2) is 18.0 Å². The third-order valence-electron chi connectivity index (χ3n) is 1.95. The van der Waals surface area contributed by atoms with Crippen LogP contribution in [0.3, 0.4) is 0 Å². The van der Waals surface area contributed by atoms with Crippen molar-refractivity contribution < 1.29 is 33.3 Å². The van der Waals surface area contributed by atoms with Crippen LogP contribution in [0.5, 0.6) is 0 Å². The topological polar surface area (TPSA) is 89.8 Å². The molecule has 102 valence electrons. The number of thiocarbonyl (C=S) groups is 1. The Labute approximate surface area is 109 Å². The van der Waals surface area contributed by atoms with Gasteiger partial charge < -0.3 is 20.6 Å². The summed E-state index contributed by atoms with van der Waals surface area (Å²) in [4.78, 5) is 9.87. The molecule has 0 atom stereocenters. The highest BCUT2D eigenvalue weighted by atomic mass is 32.1. The number of hydrogen-bond acceptors (Lipinski definition) is 4. The summed E-state index contributed by atoms with van der Waals surface area (Å²) in [6.45, 7) is 0. The van der Waals surface area contributed by atoms with Gasteiger partial charge in [0.15, 0.2) is 23.0 Å². The lowest BCUT2D eigenvalue weighted by atomic mass is 10.2. The van der Waals surface area contributed by atoms with Crippen molar-refractivity contribution in [1.82, 2.24) is 0 Å². The highest BCUT2D eigenvalue weighted by Gasteiger charge is 2.22. The molecule has 1 aromatic carbocycles. The maximum Gasteiger partial charge on any atom is 0.346 e. The van der Waals surface area contributed by atoms with Gasteiger partial charge in [0, 0.05) is 0 Å². The van der Waals surface area contributed by atoms with E-state index in [1.165, 1.54) is 0 Å². The Morgan fingerprint density at radius 2 is 1.68 bits per heavy atom. The Morgan fingerprint density at radius 1 is 1.11 bits per heavy atom. The number of nitrogens with one attached hydrogen (secondary N) is 1. The molecule has 19 heavy (non-hydrogen) atoms. The van der Waals surface area contributed by atoms with Crippen LogP contribution in [0.25, 0.3) is 0 Å². The molecule has 0 aliphatic rings. The van der Waals surface area contributed by atoms with Gasteiger partial charge in [-0.15, -0.1) is 0 Å². The quantitative estimate of drug-likeness (QED) is 0.296. The molecule has 1 rings (SSSR count). The molecule has 0 saturated heterocycles. The zero-order chi connectivity index (χ0) is 14.7. The number of carboxylic acids is 1. The zero-order valence-electron chi connectivity index (χ0n) is 8.95. The average molecular weight is 293 g/mol. The molecular formula is C10H6F3NO4S. The van der Waals surface area contributed by atoms with Crippen molar-refractivity contribution in [2.75, 3.05) is 5.32 Å². The van der Waals surface area contributed by atoms with Crippen molar-refractivity contribution in [2.24, 2.45) is 0 Å². The molecule has 0 radical (unpaired) electrons. The third kappa shape index (κ3) is 3.13. The smallest absolute Gasteiger partial charge is 0.346 e. The van der Waals surface area contributed by atoms with Gasteiger partial charge >= 0.3 is 5.97 Å². The van der Waals surface area contributed by atoms with E-state index in [1.54, 1.807) is 0 Å². The second-order valence-electron chi connectivity index (χ2n) is 3.18. The van der Waals surface area contributed by atoms with Crippen molar-refractivity contribution in [3.8, 4) is 0 Å². The summed E-state index contributed by atoms with van der Waals surface area (Å²) in [7, 11) is 0. The molecule has 0 bridgehead atoms. The fourth-order valence-corrected chi connectivity index (χ4v) is 1.39. The molecule has 1 aromatic rings. The van der Waals surface area contributed by atoms with E-state index >= 15 is 0 Å². The summed E-state index contributed by atoms with van der Waals surface area (Å²) >= 11 is 4.49. The fraction of sp³-hybridized carbons (Fsp3) is 0. The van der Waals surface area contributed by atoms with Crippen LogP contribution in [0.1, 0.15) is 0 Å². The van der Waals surface area contributed by atoms with Gasteiger partial charge in [0.2, 0.25) is 0 Å². The molecule has 4 N–H and O–H groups in total. The van der Waals surface area contributed by atoms with E-state index < -0.39 is 45.6 Å². The molecule has 0 fully saturated rings. The van der Waals surface area contributed by atoms with Crippen molar-refractivity contribution in [2.45, 2.75) is 0 Å². The molecule has 5 nitrogen and oxygen atoms in total. The Balaban J connectivity index is 3.11. The number of rotatable bonds is 3. The molecule has 9 heteroatoms. The first kappa shape index (κ1) is 14.8. The van der Waals surface area contributed by atoms with Crippen LogP contribution in [0.2, 0.25) is 0 Å². The summed E-state index contributed by atoms with van der Waals surface area (Å²) in [5.74, 6) is -8.23. The lowest BCUT2D eigenvalue weighted by Crippen LogP contribution is -2.21. The minimum absolute atomic E-state index is 0.590. The molecule has 0 heterocycles. The largest absolute Gasteiger partial charge is 0.480 e. The lowest BCUT2D eigenvalue weighted by Gasteiger charge is -2.09. The predicted molar refractivity (Wildman–Crippen MR) is 62.5 cm³/mol. The number of carboxylic acid groups (broad SMARTS) is 1. The SMILES string of the molecule is O=C(O)C(C(=S)Nc1ccc(F)c(F)c1F)=C(O)O. The number of aliphatic hydroxyl groups is 2. The van der Waals surface area contributed by atoms with E-state index in [9.17, 15) is 18.0 Å². The van der Waals surface area contributed by atoms with Gasteiger partial charge in [-0.2, -0.15) is 0 Å².